The van der Waals surface area contributed by atoms with Crippen LogP contribution in [0.25, 0.3) is 59.2 Å². The molecule has 6 aromatic heterocycles. The predicted molar refractivity (Wildman–Crippen MR) is 250 cm³/mol. The lowest BCUT2D eigenvalue weighted by Gasteiger charge is -2.29. The summed E-state index contributed by atoms with van der Waals surface area (Å²) in [6.07, 6.45) is 5.42. The van der Waals surface area contributed by atoms with Gasteiger partial charge in [-0.05, 0) is 115 Å². The maximum atomic E-state index is 13.7. The van der Waals surface area contributed by atoms with Crippen molar-refractivity contribution >= 4 is 80.0 Å². The molecule has 0 amide bonds. The van der Waals surface area contributed by atoms with Gasteiger partial charge in [-0.2, -0.15) is 0 Å². The highest BCUT2D eigenvalue weighted by Crippen LogP contribution is 2.50. The summed E-state index contributed by atoms with van der Waals surface area (Å²) in [5, 5.41) is 2.13. The summed E-state index contributed by atoms with van der Waals surface area (Å²) in [7, 11) is 2.71. The van der Waals surface area contributed by atoms with Crippen molar-refractivity contribution in [2.75, 3.05) is 40.6 Å². The zero-order valence-corrected chi connectivity index (χ0v) is 38.5. The average molecular weight is 899 g/mol. The molecule has 6 nitrogen and oxygen atoms in total. The van der Waals surface area contributed by atoms with E-state index in [0.29, 0.717) is 39.3 Å². The molecule has 0 saturated heterocycles. The summed E-state index contributed by atoms with van der Waals surface area (Å²) in [5.74, 6) is -1.12. The zero-order valence-electron chi connectivity index (χ0n) is 33.6. The Morgan fingerprint density at radius 1 is 0.576 bits per heavy atom. The summed E-state index contributed by atoms with van der Waals surface area (Å²) in [6, 6.07) is 28.1. The van der Waals surface area contributed by atoms with Gasteiger partial charge in [-0.3, -0.25) is 0 Å². The third-order valence-corrected chi connectivity index (χ3v) is 17.8. The molecule has 59 heavy (non-hydrogen) atoms. The van der Waals surface area contributed by atoms with Crippen LogP contribution < -0.4 is 0 Å². The SMILES string of the molecule is CCCCOCC1(COCCCC)Cc2cc(C(=O)OC)c(C(=O)OC)c(-c3ccc(-c4ccc(-c5ccc(-c6ccc(-c7ccc(-c8cccs8)s7)s6)s5)s4)s3)c2C1. The van der Waals surface area contributed by atoms with Crippen LogP contribution in [0.3, 0.4) is 0 Å². The largest absolute Gasteiger partial charge is 0.465 e. The molecule has 0 bridgehead atoms. The van der Waals surface area contributed by atoms with E-state index in [-0.39, 0.29) is 16.5 Å². The van der Waals surface area contributed by atoms with E-state index in [1.807, 2.05) is 40.1 Å². The lowest BCUT2D eigenvalue weighted by Crippen LogP contribution is -2.33. The number of carbonyl (C=O) groups is 2. The van der Waals surface area contributed by atoms with Gasteiger partial charge in [0.1, 0.15) is 0 Å². The minimum absolute atomic E-state index is 0.223. The van der Waals surface area contributed by atoms with Crippen LogP contribution in [0, 0.1) is 5.41 Å². The molecule has 0 aliphatic heterocycles. The third-order valence-electron chi connectivity index (χ3n) is 10.6. The number of fused-ring (bicyclic) bond motifs is 1. The first kappa shape index (κ1) is 42.0. The molecule has 1 aliphatic carbocycles. The van der Waals surface area contributed by atoms with Gasteiger partial charge in [-0.1, -0.05) is 32.8 Å². The summed E-state index contributed by atoms with van der Waals surface area (Å²) in [5.41, 5.74) is 2.95. The fraction of sp³-hybridized carbons (Fsp3) is 0.319. The number of methoxy groups -OCH3 is 2. The van der Waals surface area contributed by atoms with E-state index in [2.05, 4.69) is 92.0 Å². The molecule has 1 aromatic carbocycles. The summed E-state index contributed by atoms with van der Waals surface area (Å²) in [6.45, 7) is 6.75. The van der Waals surface area contributed by atoms with Crippen LogP contribution in [0.4, 0.5) is 0 Å². The topological polar surface area (TPSA) is 71.1 Å². The number of thiophene rings is 6. The second-order valence-corrected chi connectivity index (χ2v) is 21.1. The van der Waals surface area contributed by atoms with Crippen molar-refractivity contribution in [1.82, 2.24) is 0 Å². The fourth-order valence-electron chi connectivity index (χ4n) is 7.59. The zero-order chi connectivity index (χ0) is 40.9. The van der Waals surface area contributed by atoms with Crippen molar-refractivity contribution in [2.45, 2.75) is 52.4 Å². The van der Waals surface area contributed by atoms with E-state index < -0.39 is 11.9 Å². The molecule has 0 N–H and O–H groups in total. The minimum Gasteiger partial charge on any atom is -0.465 e. The molecular formula is C47H46O6S6. The van der Waals surface area contributed by atoms with Gasteiger partial charge >= 0.3 is 11.9 Å². The number of carbonyl (C=O) groups excluding carboxylic acids is 2. The van der Waals surface area contributed by atoms with E-state index in [1.54, 1.807) is 34.0 Å². The molecule has 0 saturated carbocycles. The quantitative estimate of drug-likeness (QED) is 0.0631. The maximum absolute atomic E-state index is 13.7. The summed E-state index contributed by atoms with van der Waals surface area (Å²) in [4.78, 5) is 40.4. The van der Waals surface area contributed by atoms with Gasteiger partial charge in [0, 0.05) is 77.8 Å². The van der Waals surface area contributed by atoms with Crippen LogP contribution in [-0.2, 0) is 31.8 Å². The Hall–Kier alpha value is -3.72. The first-order chi connectivity index (χ1) is 28.8. The highest BCUT2D eigenvalue weighted by molar-refractivity contribution is 7.30. The molecular weight excluding hydrogens is 853 g/mol. The van der Waals surface area contributed by atoms with Gasteiger partial charge in [0.15, 0.2) is 0 Å². The monoisotopic (exact) mass is 898 g/mol. The van der Waals surface area contributed by atoms with E-state index in [0.717, 1.165) is 57.0 Å². The van der Waals surface area contributed by atoms with Crippen LogP contribution in [0.2, 0.25) is 0 Å². The number of unbranched alkanes of at least 4 members (excludes halogenated alkanes) is 2. The number of rotatable bonds is 18. The number of ether oxygens (including phenoxy) is 4. The van der Waals surface area contributed by atoms with Gasteiger partial charge in [0.25, 0.3) is 0 Å². The molecule has 0 fully saturated rings. The summed E-state index contributed by atoms with van der Waals surface area (Å²) >= 11 is 10.7. The molecule has 306 valence electrons. The lowest BCUT2D eigenvalue weighted by molar-refractivity contribution is -0.0187. The molecule has 6 heterocycles. The Labute approximate surface area is 370 Å². The van der Waals surface area contributed by atoms with Gasteiger partial charge < -0.3 is 18.9 Å². The molecule has 0 atom stereocenters. The molecule has 7 aromatic rings. The van der Waals surface area contributed by atoms with Crippen LogP contribution in [0.15, 0.2) is 84.2 Å². The predicted octanol–water partition coefficient (Wildman–Crippen LogP) is 14.3. The van der Waals surface area contributed by atoms with E-state index in [4.69, 9.17) is 18.9 Å². The van der Waals surface area contributed by atoms with E-state index in [9.17, 15) is 9.59 Å². The highest BCUT2D eigenvalue weighted by Gasteiger charge is 2.42. The highest BCUT2D eigenvalue weighted by atomic mass is 32.1. The maximum Gasteiger partial charge on any atom is 0.339 e. The number of hydrogen-bond acceptors (Lipinski definition) is 12. The molecule has 12 heteroatoms. The van der Waals surface area contributed by atoms with Crippen molar-refractivity contribution in [3.63, 3.8) is 0 Å². The van der Waals surface area contributed by atoms with Crippen LogP contribution in [0.5, 0.6) is 0 Å². The number of benzene rings is 1. The normalized spacial score (nSPS) is 13.2. The molecule has 0 spiro atoms. The van der Waals surface area contributed by atoms with Gasteiger partial charge in [0.05, 0.1) is 38.6 Å². The summed E-state index contributed by atoms with van der Waals surface area (Å²) < 4.78 is 23.2. The second kappa shape index (κ2) is 18.9. The standard InChI is InChI=1S/C47H46O6S6/c1-5-7-21-52-27-47(28-53-22-8-6-2)25-29-24-30(45(48)50-3)44(46(49)51-4)43(31(29)26-47)42-20-19-41(59-42)40-18-17-39(58-40)38-16-15-37(57-38)36-14-13-35(56-36)34-12-11-33(55-34)32-10-9-23-54-32/h9-20,23-24H,5-8,21-22,25-28H2,1-4H3. The number of esters is 2. The lowest BCUT2D eigenvalue weighted by atomic mass is 9.86. The number of hydrogen-bond donors (Lipinski definition) is 0. The Kier molecular flexibility index (Phi) is 13.5. The van der Waals surface area contributed by atoms with Crippen molar-refractivity contribution in [2.24, 2.45) is 5.41 Å². The fourth-order valence-corrected chi connectivity index (χ4v) is 13.9. The molecule has 8 rings (SSSR count). The van der Waals surface area contributed by atoms with Crippen molar-refractivity contribution in [3.05, 3.63) is 106 Å². The third kappa shape index (κ3) is 9.02. The van der Waals surface area contributed by atoms with Crippen LogP contribution in [0.1, 0.15) is 71.4 Å². The molecule has 0 unspecified atom stereocenters. The first-order valence-corrected chi connectivity index (χ1v) is 24.9. The molecule has 0 radical (unpaired) electrons. The Morgan fingerprint density at radius 2 is 1.02 bits per heavy atom. The van der Waals surface area contributed by atoms with Gasteiger partial charge in [-0.25, -0.2) is 9.59 Å². The first-order valence-electron chi connectivity index (χ1n) is 19.9. The Morgan fingerprint density at radius 3 is 1.44 bits per heavy atom. The van der Waals surface area contributed by atoms with Crippen LogP contribution >= 0.6 is 68.0 Å². The Bertz CT molecular complexity index is 2510. The van der Waals surface area contributed by atoms with Gasteiger partial charge in [-0.15, -0.1) is 68.0 Å². The van der Waals surface area contributed by atoms with E-state index in [1.165, 1.54) is 53.2 Å². The smallest absolute Gasteiger partial charge is 0.339 e. The second-order valence-electron chi connectivity index (χ2n) is 14.8. The van der Waals surface area contributed by atoms with Crippen LogP contribution in [-0.4, -0.2) is 52.6 Å². The molecule has 1 aliphatic rings. The minimum atomic E-state index is -0.561. The van der Waals surface area contributed by atoms with E-state index >= 15 is 0 Å². The van der Waals surface area contributed by atoms with Crippen molar-refractivity contribution in [3.8, 4) is 59.2 Å². The average Bonchev–Trinajstić information content (AvgIpc) is 4.10. The van der Waals surface area contributed by atoms with Crippen molar-refractivity contribution in [1.29, 1.82) is 0 Å². The van der Waals surface area contributed by atoms with Crippen molar-refractivity contribution < 1.29 is 28.5 Å². The Balaban J connectivity index is 1.08. The van der Waals surface area contributed by atoms with Gasteiger partial charge in [0.2, 0.25) is 0 Å².